The highest BCUT2D eigenvalue weighted by atomic mass is 14.8. The molecule has 0 rings (SSSR count). The van der Waals surface area contributed by atoms with Crippen LogP contribution in [0.5, 0.6) is 0 Å². The molecule has 2 heteroatoms. The zero-order valence-corrected chi connectivity index (χ0v) is 7.44. The van der Waals surface area contributed by atoms with E-state index in [1.54, 1.807) is 0 Å². The van der Waals surface area contributed by atoms with E-state index in [9.17, 15) is 0 Å². The maximum absolute atomic E-state index is 5.40. The lowest BCUT2D eigenvalue weighted by Crippen LogP contribution is -2.17. The third-order valence-electron chi connectivity index (χ3n) is 1.71. The van der Waals surface area contributed by atoms with Gasteiger partial charge in [0, 0.05) is 6.54 Å². The highest BCUT2D eigenvalue weighted by Gasteiger charge is 2.13. The molecule has 0 aliphatic rings. The average molecular weight is 142 g/mol. The molecule has 0 aromatic rings. The summed E-state index contributed by atoms with van der Waals surface area (Å²) in [7, 11) is 0. The minimum atomic E-state index is 0.306. The summed E-state index contributed by atoms with van der Waals surface area (Å²) in [5.41, 5.74) is 5.71. The molecular weight excluding hydrogens is 124 g/mol. The second-order valence-electron chi connectivity index (χ2n) is 3.48. The lowest BCUT2D eigenvalue weighted by atomic mass is 9.91. The van der Waals surface area contributed by atoms with Gasteiger partial charge in [-0.2, -0.15) is 0 Å². The number of amidine groups is 1. The zero-order chi connectivity index (χ0) is 8.20. The van der Waals surface area contributed by atoms with Crippen molar-refractivity contribution in [3.8, 4) is 0 Å². The van der Waals surface area contributed by atoms with Gasteiger partial charge in [0.2, 0.25) is 0 Å². The first-order valence-electron chi connectivity index (χ1n) is 3.74. The van der Waals surface area contributed by atoms with Crippen molar-refractivity contribution in [2.24, 2.45) is 16.1 Å². The average Bonchev–Trinajstić information content (AvgIpc) is 1.85. The Morgan fingerprint density at radius 2 is 2.00 bits per heavy atom. The summed E-state index contributed by atoms with van der Waals surface area (Å²) in [4.78, 5) is 4.16. The molecule has 0 saturated heterocycles. The van der Waals surface area contributed by atoms with Crippen molar-refractivity contribution < 1.29 is 0 Å². The largest absolute Gasteiger partial charge is 0.388 e. The van der Waals surface area contributed by atoms with E-state index in [0.717, 1.165) is 13.0 Å². The van der Waals surface area contributed by atoms with Crippen LogP contribution in [0.4, 0.5) is 0 Å². The first-order valence-corrected chi connectivity index (χ1v) is 3.74. The minimum absolute atomic E-state index is 0.306. The van der Waals surface area contributed by atoms with Crippen LogP contribution < -0.4 is 5.73 Å². The summed E-state index contributed by atoms with van der Waals surface area (Å²) < 4.78 is 0. The maximum Gasteiger partial charge on any atom is 0.0905 e. The Kier molecular flexibility index (Phi) is 3.40. The smallest absolute Gasteiger partial charge is 0.0905 e. The van der Waals surface area contributed by atoms with Crippen molar-refractivity contribution in [1.29, 1.82) is 0 Å². The Morgan fingerprint density at radius 1 is 1.50 bits per heavy atom. The Labute approximate surface area is 63.5 Å². The van der Waals surface area contributed by atoms with Crippen molar-refractivity contribution in [2.45, 2.75) is 34.1 Å². The Bertz CT molecular complexity index is 121. The van der Waals surface area contributed by atoms with Crippen LogP contribution in [0.2, 0.25) is 0 Å². The van der Waals surface area contributed by atoms with Crippen molar-refractivity contribution in [2.75, 3.05) is 6.54 Å². The van der Waals surface area contributed by atoms with Crippen LogP contribution in [-0.4, -0.2) is 12.4 Å². The number of nitrogens with zero attached hydrogens (tertiary/aromatic N) is 1. The monoisotopic (exact) mass is 142 g/mol. The van der Waals surface area contributed by atoms with Gasteiger partial charge in [0.25, 0.3) is 0 Å². The Balaban J connectivity index is 3.78. The van der Waals surface area contributed by atoms with Crippen LogP contribution in [0.25, 0.3) is 0 Å². The van der Waals surface area contributed by atoms with Gasteiger partial charge in [-0.05, 0) is 18.8 Å². The van der Waals surface area contributed by atoms with Crippen molar-refractivity contribution in [1.82, 2.24) is 0 Å². The molecule has 0 spiro atoms. The summed E-state index contributed by atoms with van der Waals surface area (Å²) in [5.74, 6) is 0.682. The van der Waals surface area contributed by atoms with Crippen molar-refractivity contribution in [3.05, 3.63) is 0 Å². The van der Waals surface area contributed by atoms with Crippen LogP contribution in [0.3, 0.4) is 0 Å². The van der Waals surface area contributed by atoms with E-state index in [0.29, 0.717) is 11.3 Å². The number of hydrogen-bond donors (Lipinski definition) is 1. The number of hydrogen-bond acceptors (Lipinski definition) is 1. The van der Waals surface area contributed by atoms with Crippen molar-refractivity contribution >= 4 is 5.84 Å². The minimum Gasteiger partial charge on any atom is -0.388 e. The molecule has 0 fully saturated rings. The molecule has 0 aliphatic heterocycles. The third-order valence-corrected chi connectivity index (χ3v) is 1.71. The maximum atomic E-state index is 5.40. The van der Waals surface area contributed by atoms with Gasteiger partial charge >= 0.3 is 0 Å². The van der Waals surface area contributed by atoms with E-state index in [4.69, 9.17) is 5.73 Å². The van der Waals surface area contributed by atoms with Crippen LogP contribution >= 0.6 is 0 Å². The predicted octanol–water partition coefficient (Wildman–Crippen LogP) is 1.80. The van der Waals surface area contributed by atoms with Crippen LogP contribution in [0.1, 0.15) is 34.1 Å². The van der Waals surface area contributed by atoms with E-state index in [1.807, 2.05) is 6.92 Å². The zero-order valence-electron chi connectivity index (χ0n) is 7.44. The van der Waals surface area contributed by atoms with E-state index in [-0.39, 0.29) is 0 Å². The van der Waals surface area contributed by atoms with Crippen LogP contribution in [0.15, 0.2) is 4.99 Å². The fourth-order valence-electron chi connectivity index (χ4n) is 0.451. The molecule has 0 amide bonds. The van der Waals surface area contributed by atoms with Gasteiger partial charge in [0.05, 0.1) is 5.84 Å². The highest BCUT2D eigenvalue weighted by molar-refractivity contribution is 5.77. The quantitative estimate of drug-likeness (QED) is 0.473. The molecule has 0 aliphatic carbocycles. The van der Waals surface area contributed by atoms with Crippen molar-refractivity contribution in [3.63, 3.8) is 0 Å². The fourth-order valence-corrected chi connectivity index (χ4v) is 0.451. The second kappa shape index (κ2) is 3.59. The Morgan fingerprint density at radius 3 is 2.30 bits per heavy atom. The van der Waals surface area contributed by atoms with E-state index in [2.05, 4.69) is 25.8 Å². The molecule has 10 heavy (non-hydrogen) atoms. The molecular formula is C8H18N2. The fraction of sp³-hybridized carbons (Fsp3) is 0.875. The number of aliphatic imine (C=N–C) groups is 1. The normalized spacial score (nSPS) is 13.8. The number of nitrogens with two attached hydrogens (primary N) is 1. The van der Waals surface area contributed by atoms with Gasteiger partial charge < -0.3 is 5.73 Å². The SMILES string of the molecule is CCC(C)(C)CN=C(C)N. The molecule has 0 radical (unpaired) electrons. The molecule has 0 aromatic heterocycles. The van der Waals surface area contributed by atoms with E-state index >= 15 is 0 Å². The second-order valence-corrected chi connectivity index (χ2v) is 3.48. The van der Waals surface area contributed by atoms with Gasteiger partial charge in [-0.15, -0.1) is 0 Å². The molecule has 0 aromatic carbocycles. The molecule has 0 saturated carbocycles. The molecule has 2 nitrogen and oxygen atoms in total. The third kappa shape index (κ3) is 4.36. The first kappa shape index (κ1) is 9.47. The summed E-state index contributed by atoms with van der Waals surface area (Å²) in [6.45, 7) is 9.22. The molecule has 0 unspecified atom stereocenters. The Hall–Kier alpha value is -0.530. The summed E-state index contributed by atoms with van der Waals surface area (Å²) >= 11 is 0. The molecule has 0 bridgehead atoms. The summed E-state index contributed by atoms with van der Waals surface area (Å²) in [6, 6.07) is 0. The summed E-state index contributed by atoms with van der Waals surface area (Å²) in [6.07, 6.45) is 1.14. The number of rotatable bonds is 3. The summed E-state index contributed by atoms with van der Waals surface area (Å²) in [5, 5.41) is 0. The van der Waals surface area contributed by atoms with E-state index in [1.165, 1.54) is 0 Å². The highest BCUT2D eigenvalue weighted by Crippen LogP contribution is 2.19. The van der Waals surface area contributed by atoms with E-state index < -0.39 is 0 Å². The molecule has 0 heterocycles. The lowest BCUT2D eigenvalue weighted by Gasteiger charge is -2.19. The first-order chi connectivity index (χ1) is 4.48. The van der Waals surface area contributed by atoms with Crippen LogP contribution in [0, 0.1) is 5.41 Å². The lowest BCUT2D eigenvalue weighted by molar-refractivity contribution is 0.366. The molecule has 60 valence electrons. The molecule has 2 N–H and O–H groups in total. The molecule has 0 atom stereocenters. The predicted molar refractivity (Wildman–Crippen MR) is 46.2 cm³/mol. The van der Waals surface area contributed by atoms with Crippen LogP contribution in [-0.2, 0) is 0 Å². The van der Waals surface area contributed by atoms with Gasteiger partial charge in [-0.3, -0.25) is 4.99 Å². The van der Waals surface area contributed by atoms with Gasteiger partial charge in [0.15, 0.2) is 0 Å². The van der Waals surface area contributed by atoms with Gasteiger partial charge in [0.1, 0.15) is 0 Å². The van der Waals surface area contributed by atoms with Gasteiger partial charge in [-0.1, -0.05) is 20.8 Å². The standard InChI is InChI=1S/C8H18N2/c1-5-8(3,4)6-10-7(2)9/h5-6H2,1-4H3,(H2,9,10). The van der Waals surface area contributed by atoms with Gasteiger partial charge in [-0.25, -0.2) is 0 Å². The topological polar surface area (TPSA) is 38.4 Å².